The predicted molar refractivity (Wildman–Crippen MR) is 144 cm³/mol. The highest BCUT2D eigenvalue weighted by molar-refractivity contribution is 6.46. The quantitative estimate of drug-likeness (QED) is 0.226. The third kappa shape index (κ3) is 5.88. The maximum absolute atomic E-state index is 13.3. The largest absolute Gasteiger partial charge is 0.507 e. The molecule has 3 rings (SSSR count). The first-order valence-corrected chi connectivity index (χ1v) is 12.3. The van der Waals surface area contributed by atoms with Gasteiger partial charge in [0.05, 0.1) is 11.6 Å². The van der Waals surface area contributed by atoms with Gasteiger partial charge in [-0.3, -0.25) is 9.59 Å². The van der Waals surface area contributed by atoms with Crippen LogP contribution >= 0.6 is 0 Å². The number of ketones is 1. The maximum atomic E-state index is 13.3. The average molecular weight is 491 g/mol. The molecule has 1 saturated heterocycles. The molecule has 1 aliphatic heterocycles. The number of likely N-dealkylation sites (tertiary alicyclic amines) is 1. The fraction of sp³-hybridized carbons (Fsp3) is 0.400. The molecule has 1 unspecified atom stereocenters. The van der Waals surface area contributed by atoms with E-state index in [1.54, 1.807) is 29.2 Å². The molecular weight excluding hydrogens is 452 g/mol. The van der Waals surface area contributed by atoms with Crippen molar-refractivity contribution < 1.29 is 19.4 Å². The van der Waals surface area contributed by atoms with Crippen LogP contribution in [0.5, 0.6) is 5.75 Å². The summed E-state index contributed by atoms with van der Waals surface area (Å²) in [5.41, 5.74) is 3.30. The molecule has 192 valence electrons. The Hall–Kier alpha value is -3.38. The normalized spacial score (nSPS) is 17.6. The minimum atomic E-state index is -0.659. The zero-order valence-electron chi connectivity index (χ0n) is 22.3. The Labute approximate surface area is 214 Å². The van der Waals surface area contributed by atoms with Crippen molar-refractivity contribution in [2.75, 3.05) is 33.8 Å². The minimum absolute atomic E-state index is 0.0292. The number of rotatable bonds is 9. The van der Waals surface area contributed by atoms with Gasteiger partial charge in [0.1, 0.15) is 18.1 Å². The summed E-state index contributed by atoms with van der Waals surface area (Å²) in [6.07, 6.45) is 2.37. The van der Waals surface area contributed by atoms with Crippen molar-refractivity contribution in [3.8, 4) is 5.75 Å². The van der Waals surface area contributed by atoms with Crippen molar-refractivity contribution in [3.05, 3.63) is 82.9 Å². The molecule has 1 atom stereocenters. The average Bonchev–Trinajstić information content (AvgIpc) is 3.06. The van der Waals surface area contributed by atoms with Gasteiger partial charge in [-0.15, -0.1) is 0 Å². The van der Waals surface area contributed by atoms with Crippen LogP contribution in [0, 0.1) is 6.92 Å². The topological polar surface area (TPSA) is 70.1 Å². The van der Waals surface area contributed by atoms with Crippen molar-refractivity contribution in [1.29, 1.82) is 0 Å². The van der Waals surface area contributed by atoms with E-state index < -0.39 is 17.7 Å². The second kappa shape index (κ2) is 11.1. The van der Waals surface area contributed by atoms with Crippen LogP contribution in [0.25, 0.3) is 5.76 Å². The first-order valence-electron chi connectivity index (χ1n) is 12.3. The zero-order chi connectivity index (χ0) is 26.6. The highest BCUT2D eigenvalue weighted by atomic mass is 16.5. The van der Waals surface area contributed by atoms with Gasteiger partial charge in [0.25, 0.3) is 11.7 Å². The molecule has 1 aliphatic rings. The summed E-state index contributed by atoms with van der Waals surface area (Å²) in [6, 6.07) is 12.6. The summed E-state index contributed by atoms with van der Waals surface area (Å²) in [5.74, 6) is -0.763. The van der Waals surface area contributed by atoms with Gasteiger partial charge in [0.2, 0.25) is 0 Å². The van der Waals surface area contributed by atoms with Crippen molar-refractivity contribution in [3.63, 3.8) is 0 Å². The molecule has 1 heterocycles. The number of nitrogens with zero attached hydrogens (tertiary/aromatic N) is 2. The molecular formula is C30H38N2O4. The first kappa shape index (κ1) is 27.2. The maximum Gasteiger partial charge on any atom is 0.295 e. The van der Waals surface area contributed by atoms with Gasteiger partial charge < -0.3 is 19.6 Å². The molecule has 36 heavy (non-hydrogen) atoms. The Balaban J connectivity index is 2.10. The number of Topliss-reactive ketones (excluding diaryl/α,β-unsaturated/α-hetero) is 1. The van der Waals surface area contributed by atoms with E-state index in [-0.39, 0.29) is 16.7 Å². The lowest BCUT2D eigenvalue weighted by atomic mass is 9.85. The van der Waals surface area contributed by atoms with Crippen LogP contribution in [-0.4, -0.2) is 60.4 Å². The van der Waals surface area contributed by atoms with Crippen molar-refractivity contribution in [2.24, 2.45) is 0 Å². The zero-order valence-corrected chi connectivity index (χ0v) is 22.3. The number of hydrogen-bond donors (Lipinski definition) is 1. The number of benzene rings is 2. The van der Waals surface area contributed by atoms with Crippen molar-refractivity contribution >= 4 is 17.4 Å². The predicted octanol–water partition coefficient (Wildman–Crippen LogP) is 5.23. The van der Waals surface area contributed by atoms with E-state index in [1.807, 2.05) is 50.2 Å². The van der Waals surface area contributed by atoms with E-state index in [0.29, 0.717) is 30.9 Å². The lowest BCUT2D eigenvalue weighted by molar-refractivity contribution is -0.139. The molecule has 0 aliphatic carbocycles. The molecule has 0 saturated carbocycles. The Morgan fingerprint density at radius 3 is 2.36 bits per heavy atom. The standard InChI is InChI=1S/C30H38N2O4/c1-8-18-36-23-14-15-24(20(2)19-23)27(33)25-26(21-10-12-22(13-11-21)30(3,4)5)32(29(35)28(25)34)17-9-16-31(6)7/h8,10-15,19,26,33H,1,9,16-18H2,2-7H3. The van der Waals surface area contributed by atoms with E-state index in [2.05, 4.69) is 27.4 Å². The van der Waals surface area contributed by atoms with Crippen LogP contribution in [0.4, 0.5) is 0 Å². The van der Waals surface area contributed by atoms with E-state index in [4.69, 9.17) is 4.74 Å². The SMILES string of the molecule is C=CCOc1ccc(C(O)=C2C(=O)C(=O)N(CCCN(C)C)C2c2ccc(C(C)(C)C)cc2)c(C)c1. The van der Waals surface area contributed by atoms with Crippen LogP contribution in [0.1, 0.15) is 55.5 Å². The number of aliphatic hydroxyl groups is 1. The molecule has 0 bridgehead atoms. The summed E-state index contributed by atoms with van der Waals surface area (Å²) in [5, 5.41) is 11.4. The number of ether oxygens (including phenoxy) is 1. The Morgan fingerprint density at radius 2 is 1.81 bits per heavy atom. The summed E-state index contributed by atoms with van der Waals surface area (Å²) in [6.45, 7) is 13.5. The van der Waals surface area contributed by atoms with Gasteiger partial charge in [-0.25, -0.2) is 0 Å². The van der Waals surface area contributed by atoms with E-state index in [1.165, 1.54) is 0 Å². The van der Waals surface area contributed by atoms with Crippen LogP contribution in [0.15, 0.2) is 60.7 Å². The molecule has 6 nitrogen and oxygen atoms in total. The molecule has 0 radical (unpaired) electrons. The van der Waals surface area contributed by atoms with Gasteiger partial charge in [-0.1, -0.05) is 57.7 Å². The smallest absolute Gasteiger partial charge is 0.295 e. The molecule has 0 spiro atoms. The molecule has 1 N–H and O–H groups in total. The number of carbonyl (C=O) groups is 2. The summed E-state index contributed by atoms with van der Waals surface area (Å²) < 4.78 is 5.60. The summed E-state index contributed by atoms with van der Waals surface area (Å²) in [4.78, 5) is 30.1. The second-order valence-electron chi connectivity index (χ2n) is 10.6. The number of hydrogen-bond acceptors (Lipinski definition) is 5. The Kier molecular flexibility index (Phi) is 8.41. The van der Waals surface area contributed by atoms with E-state index in [9.17, 15) is 14.7 Å². The Morgan fingerprint density at radius 1 is 1.14 bits per heavy atom. The van der Waals surface area contributed by atoms with Gasteiger partial charge in [0.15, 0.2) is 0 Å². The monoisotopic (exact) mass is 490 g/mol. The summed E-state index contributed by atoms with van der Waals surface area (Å²) in [7, 11) is 3.95. The third-order valence-electron chi connectivity index (χ3n) is 6.46. The number of aryl methyl sites for hydroxylation is 1. The molecule has 1 amide bonds. The first-order chi connectivity index (χ1) is 17.0. The number of aliphatic hydroxyl groups excluding tert-OH is 1. The van der Waals surface area contributed by atoms with E-state index >= 15 is 0 Å². The van der Waals surface area contributed by atoms with Crippen molar-refractivity contribution in [1.82, 2.24) is 9.80 Å². The minimum Gasteiger partial charge on any atom is -0.507 e. The van der Waals surface area contributed by atoms with Crippen LogP contribution in [-0.2, 0) is 15.0 Å². The van der Waals surface area contributed by atoms with Gasteiger partial charge in [0, 0.05) is 12.1 Å². The lowest BCUT2D eigenvalue weighted by Crippen LogP contribution is -2.32. The molecule has 1 fully saturated rings. The number of carbonyl (C=O) groups excluding carboxylic acids is 2. The highest BCUT2D eigenvalue weighted by Crippen LogP contribution is 2.40. The molecule has 2 aromatic carbocycles. The van der Waals surface area contributed by atoms with Gasteiger partial charge >= 0.3 is 0 Å². The lowest BCUT2D eigenvalue weighted by Gasteiger charge is -2.27. The fourth-order valence-corrected chi connectivity index (χ4v) is 4.47. The van der Waals surface area contributed by atoms with Gasteiger partial charge in [-0.05, 0) is 74.3 Å². The van der Waals surface area contributed by atoms with Gasteiger partial charge in [-0.2, -0.15) is 0 Å². The van der Waals surface area contributed by atoms with E-state index in [0.717, 1.165) is 23.2 Å². The Bertz CT molecular complexity index is 1160. The number of amides is 1. The fourth-order valence-electron chi connectivity index (χ4n) is 4.47. The van der Waals surface area contributed by atoms with Crippen LogP contribution in [0.3, 0.4) is 0 Å². The highest BCUT2D eigenvalue weighted by Gasteiger charge is 2.46. The molecule has 6 heteroatoms. The van der Waals surface area contributed by atoms with Crippen LogP contribution < -0.4 is 4.74 Å². The second-order valence-corrected chi connectivity index (χ2v) is 10.6. The summed E-state index contributed by atoms with van der Waals surface area (Å²) >= 11 is 0. The molecule has 0 aromatic heterocycles. The van der Waals surface area contributed by atoms with Crippen molar-refractivity contribution in [2.45, 2.75) is 45.6 Å². The van der Waals surface area contributed by atoms with Crippen LogP contribution in [0.2, 0.25) is 0 Å². The molecule has 2 aromatic rings. The third-order valence-corrected chi connectivity index (χ3v) is 6.46.